The molecule has 0 fully saturated rings. The third kappa shape index (κ3) is 4.36. The molecule has 1 heterocycles. The lowest BCUT2D eigenvalue weighted by Crippen LogP contribution is -2.53. The first-order valence-corrected chi connectivity index (χ1v) is 6.20. The van der Waals surface area contributed by atoms with Crippen molar-refractivity contribution < 1.29 is 9.59 Å². The van der Waals surface area contributed by atoms with Gasteiger partial charge in [0.1, 0.15) is 6.04 Å². The van der Waals surface area contributed by atoms with Crippen molar-refractivity contribution in [2.75, 3.05) is 7.05 Å². The molecular formula is C12H21N5O2. The van der Waals surface area contributed by atoms with Gasteiger partial charge in [0.05, 0.1) is 12.4 Å². The van der Waals surface area contributed by atoms with Gasteiger partial charge in [-0.3, -0.25) is 9.59 Å². The summed E-state index contributed by atoms with van der Waals surface area (Å²) in [5.74, 6) is -0.584. The Morgan fingerprint density at radius 3 is 2.58 bits per heavy atom. The first-order valence-electron chi connectivity index (χ1n) is 6.20. The topological polar surface area (TPSA) is 113 Å². The molecule has 7 heteroatoms. The van der Waals surface area contributed by atoms with Gasteiger partial charge in [0, 0.05) is 25.4 Å². The lowest BCUT2D eigenvalue weighted by molar-refractivity contribution is -0.129. The van der Waals surface area contributed by atoms with Gasteiger partial charge in [0.15, 0.2) is 0 Å². The first-order chi connectivity index (χ1) is 8.95. The fourth-order valence-electron chi connectivity index (χ4n) is 1.57. The van der Waals surface area contributed by atoms with Crippen LogP contribution in [0.2, 0.25) is 0 Å². The summed E-state index contributed by atoms with van der Waals surface area (Å²) in [7, 11) is 1.52. The maximum Gasteiger partial charge on any atom is 0.242 e. The van der Waals surface area contributed by atoms with E-state index in [0.29, 0.717) is 6.42 Å². The molecular weight excluding hydrogens is 246 g/mol. The number of hydrogen-bond acceptors (Lipinski definition) is 4. The van der Waals surface area contributed by atoms with E-state index in [2.05, 4.69) is 20.6 Å². The summed E-state index contributed by atoms with van der Waals surface area (Å²) in [5, 5.41) is 5.19. The van der Waals surface area contributed by atoms with Crippen molar-refractivity contribution in [1.29, 1.82) is 0 Å². The van der Waals surface area contributed by atoms with Crippen LogP contribution in [0.1, 0.15) is 19.5 Å². The fourth-order valence-corrected chi connectivity index (χ4v) is 1.57. The van der Waals surface area contributed by atoms with E-state index in [4.69, 9.17) is 5.73 Å². The monoisotopic (exact) mass is 267 g/mol. The minimum atomic E-state index is -0.664. The summed E-state index contributed by atoms with van der Waals surface area (Å²) in [6, 6.07) is -1.29. The molecule has 0 aliphatic heterocycles. The average Bonchev–Trinajstić information content (AvgIpc) is 2.88. The number of aromatic amines is 1. The molecule has 106 valence electrons. The van der Waals surface area contributed by atoms with Gasteiger partial charge >= 0.3 is 0 Å². The average molecular weight is 267 g/mol. The Hall–Kier alpha value is -1.89. The summed E-state index contributed by atoms with van der Waals surface area (Å²) < 4.78 is 0. The Morgan fingerprint density at radius 1 is 1.42 bits per heavy atom. The third-order valence-corrected chi connectivity index (χ3v) is 2.88. The van der Waals surface area contributed by atoms with E-state index < -0.39 is 12.1 Å². The minimum absolute atomic E-state index is 0.0116. The van der Waals surface area contributed by atoms with Crippen molar-refractivity contribution in [2.45, 2.75) is 32.4 Å². The minimum Gasteiger partial charge on any atom is -0.357 e. The van der Waals surface area contributed by atoms with E-state index in [1.54, 1.807) is 6.20 Å². The van der Waals surface area contributed by atoms with Crippen LogP contribution in [0.15, 0.2) is 12.5 Å². The highest BCUT2D eigenvalue weighted by molar-refractivity contribution is 5.89. The summed E-state index contributed by atoms with van der Waals surface area (Å²) in [6.07, 6.45) is 3.48. The van der Waals surface area contributed by atoms with E-state index in [1.807, 2.05) is 13.8 Å². The molecule has 0 saturated heterocycles. The maximum atomic E-state index is 11.9. The SMILES string of the molecule is CNC(=O)C(Cc1cnc[nH]1)NC(=O)C(N)C(C)C. The molecule has 2 unspecified atom stereocenters. The molecule has 2 atom stereocenters. The Bertz CT molecular complexity index is 416. The molecule has 7 nitrogen and oxygen atoms in total. The number of rotatable bonds is 6. The molecule has 0 radical (unpaired) electrons. The van der Waals surface area contributed by atoms with Crippen molar-refractivity contribution in [3.8, 4) is 0 Å². The Balaban J connectivity index is 2.70. The lowest BCUT2D eigenvalue weighted by Gasteiger charge is -2.21. The zero-order valence-electron chi connectivity index (χ0n) is 11.4. The number of H-pyrrole nitrogens is 1. The van der Waals surface area contributed by atoms with Crippen LogP contribution in [-0.4, -0.2) is 40.9 Å². The van der Waals surface area contributed by atoms with Crippen molar-refractivity contribution in [2.24, 2.45) is 11.7 Å². The second-order valence-electron chi connectivity index (χ2n) is 4.73. The number of nitrogens with two attached hydrogens (primary N) is 1. The Kier molecular flexibility index (Phi) is 5.50. The van der Waals surface area contributed by atoms with Gasteiger partial charge in [-0.1, -0.05) is 13.8 Å². The molecule has 1 aromatic heterocycles. The normalized spacial score (nSPS) is 13.9. The van der Waals surface area contributed by atoms with Crippen LogP contribution >= 0.6 is 0 Å². The van der Waals surface area contributed by atoms with Crippen LogP contribution in [0.3, 0.4) is 0 Å². The molecule has 2 amide bonds. The summed E-state index contributed by atoms with van der Waals surface area (Å²) in [4.78, 5) is 30.4. The molecule has 0 aliphatic rings. The van der Waals surface area contributed by atoms with Gasteiger partial charge in [-0.25, -0.2) is 4.98 Å². The van der Waals surface area contributed by atoms with E-state index >= 15 is 0 Å². The standard InChI is InChI=1S/C12H21N5O2/c1-7(2)10(13)12(19)17-9(11(18)14-3)4-8-5-15-6-16-8/h5-7,9-10H,4,13H2,1-3H3,(H,14,18)(H,15,16)(H,17,19). The van der Waals surface area contributed by atoms with Crippen molar-refractivity contribution in [1.82, 2.24) is 20.6 Å². The molecule has 1 rings (SSSR count). The zero-order valence-corrected chi connectivity index (χ0v) is 11.4. The Morgan fingerprint density at radius 2 is 2.11 bits per heavy atom. The largest absolute Gasteiger partial charge is 0.357 e. The van der Waals surface area contributed by atoms with Gasteiger partial charge in [-0.15, -0.1) is 0 Å². The van der Waals surface area contributed by atoms with Crippen LogP contribution in [-0.2, 0) is 16.0 Å². The Labute approximate surface area is 112 Å². The number of carbonyl (C=O) groups excluding carboxylic acids is 2. The van der Waals surface area contributed by atoms with E-state index in [1.165, 1.54) is 13.4 Å². The molecule has 5 N–H and O–H groups in total. The molecule has 0 aromatic carbocycles. The fraction of sp³-hybridized carbons (Fsp3) is 0.583. The highest BCUT2D eigenvalue weighted by atomic mass is 16.2. The second-order valence-corrected chi connectivity index (χ2v) is 4.73. The van der Waals surface area contributed by atoms with Gasteiger partial charge in [-0.05, 0) is 5.92 Å². The number of likely N-dealkylation sites (N-methyl/N-ethyl adjacent to an activating group) is 1. The van der Waals surface area contributed by atoms with Gasteiger partial charge < -0.3 is 21.4 Å². The molecule has 19 heavy (non-hydrogen) atoms. The van der Waals surface area contributed by atoms with Crippen molar-refractivity contribution in [3.05, 3.63) is 18.2 Å². The lowest BCUT2D eigenvalue weighted by atomic mass is 10.0. The van der Waals surface area contributed by atoms with Crippen LogP contribution in [0.25, 0.3) is 0 Å². The number of amides is 2. The molecule has 0 spiro atoms. The van der Waals surface area contributed by atoms with Crippen LogP contribution in [0.4, 0.5) is 0 Å². The summed E-state index contributed by atoms with van der Waals surface area (Å²) in [5.41, 5.74) is 6.53. The maximum absolute atomic E-state index is 11.9. The number of nitrogens with zero attached hydrogens (tertiary/aromatic N) is 1. The number of carbonyl (C=O) groups is 2. The smallest absolute Gasteiger partial charge is 0.242 e. The number of hydrogen-bond donors (Lipinski definition) is 4. The van der Waals surface area contributed by atoms with E-state index in [0.717, 1.165) is 5.69 Å². The summed E-state index contributed by atoms with van der Waals surface area (Å²) >= 11 is 0. The third-order valence-electron chi connectivity index (χ3n) is 2.88. The molecule has 0 aliphatic carbocycles. The summed E-state index contributed by atoms with van der Waals surface area (Å²) in [6.45, 7) is 3.71. The molecule has 1 aromatic rings. The van der Waals surface area contributed by atoms with Crippen LogP contribution in [0.5, 0.6) is 0 Å². The van der Waals surface area contributed by atoms with Crippen molar-refractivity contribution in [3.63, 3.8) is 0 Å². The predicted molar refractivity (Wildman–Crippen MR) is 71.1 cm³/mol. The van der Waals surface area contributed by atoms with Crippen molar-refractivity contribution >= 4 is 11.8 Å². The number of aromatic nitrogens is 2. The van der Waals surface area contributed by atoms with Crippen LogP contribution < -0.4 is 16.4 Å². The molecule has 0 bridgehead atoms. The highest BCUT2D eigenvalue weighted by Gasteiger charge is 2.25. The number of nitrogens with one attached hydrogen (secondary N) is 3. The second kappa shape index (κ2) is 6.89. The zero-order chi connectivity index (χ0) is 14.4. The van der Waals surface area contributed by atoms with Crippen LogP contribution in [0, 0.1) is 5.92 Å². The van der Waals surface area contributed by atoms with E-state index in [-0.39, 0.29) is 17.7 Å². The van der Waals surface area contributed by atoms with E-state index in [9.17, 15) is 9.59 Å². The highest BCUT2D eigenvalue weighted by Crippen LogP contribution is 2.02. The molecule has 0 saturated carbocycles. The van der Waals surface area contributed by atoms with Gasteiger partial charge in [0.2, 0.25) is 11.8 Å². The van der Waals surface area contributed by atoms with Gasteiger partial charge in [-0.2, -0.15) is 0 Å². The quantitative estimate of drug-likeness (QED) is 0.538. The van der Waals surface area contributed by atoms with Gasteiger partial charge in [0.25, 0.3) is 0 Å². The predicted octanol–water partition coefficient (Wildman–Crippen LogP) is -0.834. The number of imidazole rings is 1. The first kappa shape index (κ1) is 15.2.